The van der Waals surface area contributed by atoms with Gasteiger partial charge < -0.3 is 21.1 Å². The van der Waals surface area contributed by atoms with Crippen molar-refractivity contribution in [2.24, 2.45) is 5.73 Å². The highest BCUT2D eigenvalue weighted by Crippen LogP contribution is 2.35. The number of carbonyl (C=O) groups excluding carboxylic acids is 1. The number of aromatic nitrogens is 1. The lowest BCUT2D eigenvalue weighted by Crippen LogP contribution is -2.38. The summed E-state index contributed by atoms with van der Waals surface area (Å²) >= 11 is 6.43. The molecule has 4 N–H and O–H groups in total. The number of aryl methyl sites for hydroxylation is 1. The summed E-state index contributed by atoms with van der Waals surface area (Å²) in [5.41, 5.74) is 6.44. The molecule has 4 aromatic rings. The SMILES string of the molecule is CCC(C)Nc1c(Nc2ccc(Oc3ccnc4cc(C)c(C=O)cc34)cc2Cl)c(=O)c1=O.CCCC.CN. The number of hydrogen-bond acceptors (Lipinski definition) is 8. The van der Waals surface area contributed by atoms with Crippen LogP contribution in [0.1, 0.15) is 62.9 Å². The van der Waals surface area contributed by atoms with Gasteiger partial charge >= 0.3 is 0 Å². The molecule has 39 heavy (non-hydrogen) atoms. The molecule has 0 spiro atoms. The topological polar surface area (TPSA) is 123 Å². The zero-order chi connectivity index (χ0) is 29.1. The Bertz CT molecular complexity index is 1480. The second-order valence-electron chi connectivity index (χ2n) is 8.88. The standard InChI is InChI=1S/C25H22ClN3O4.C4H10.CH5N/c1-4-14(3)28-22-23(25(32)24(22)31)29-19-6-5-16(11-18(19)26)33-21-7-8-27-20-9-13(2)15(12-30)10-17(20)21;1-3-4-2;1-2/h5-12,14,28-29H,4H2,1-3H3;3-4H2,1-2H3;2H2,1H3. The predicted octanol–water partition coefficient (Wildman–Crippen LogP) is 6.73. The van der Waals surface area contributed by atoms with Gasteiger partial charge in [-0.1, -0.05) is 45.2 Å². The third kappa shape index (κ3) is 7.65. The number of fused-ring (bicyclic) bond motifs is 1. The number of ether oxygens (including phenoxy) is 1. The number of unbranched alkanes of at least 4 members (excludes halogenated alkanes) is 1. The molecule has 0 aliphatic heterocycles. The molecule has 1 atom stereocenters. The predicted molar refractivity (Wildman–Crippen MR) is 162 cm³/mol. The van der Waals surface area contributed by atoms with Gasteiger partial charge in [-0.05, 0) is 63.2 Å². The summed E-state index contributed by atoms with van der Waals surface area (Å²) in [4.78, 5) is 39.7. The molecule has 4 rings (SSSR count). The van der Waals surface area contributed by atoms with E-state index >= 15 is 0 Å². The summed E-state index contributed by atoms with van der Waals surface area (Å²) in [6, 6.07) is 10.3. The number of rotatable bonds is 9. The van der Waals surface area contributed by atoms with Crippen molar-refractivity contribution in [3.05, 3.63) is 79.2 Å². The van der Waals surface area contributed by atoms with Gasteiger partial charge in [-0.3, -0.25) is 19.4 Å². The Morgan fingerprint density at radius 1 is 1.03 bits per heavy atom. The summed E-state index contributed by atoms with van der Waals surface area (Å²) in [5.74, 6) is 0.997. The zero-order valence-corrected chi connectivity index (χ0v) is 24.1. The van der Waals surface area contributed by atoms with Gasteiger partial charge in [0.1, 0.15) is 29.2 Å². The maximum absolute atomic E-state index is 12.1. The fourth-order valence-corrected chi connectivity index (χ4v) is 3.64. The number of nitrogens with two attached hydrogens (primary N) is 1. The molecule has 0 fully saturated rings. The summed E-state index contributed by atoms with van der Waals surface area (Å²) < 4.78 is 6.03. The molecule has 0 aliphatic carbocycles. The number of carbonyl (C=O) groups is 1. The highest BCUT2D eigenvalue weighted by atomic mass is 35.5. The smallest absolute Gasteiger partial charge is 0.253 e. The van der Waals surface area contributed by atoms with Crippen LogP contribution >= 0.6 is 11.6 Å². The highest BCUT2D eigenvalue weighted by molar-refractivity contribution is 6.33. The molecule has 0 amide bonds. The molecule has 1 aromatic heterocycles. The molecule has 0 bridgehead atoms. The third-order valence-corrected chi connectivity index (χ3v) is 6.37. The molecule has 0 radical (unpaired) electrons. The molecular weight excluding hydrogens is 516 g/mol. The third-order valence-electron chi connectivity index (χ3n) is 6.06. The van der Waals surface area contributed by atoms with Crippen LogP contribution in [0.2, 0.25) is 5.02 Å². The highest BCUT2D eigenvalue weighted by Gasteiger charge is 2.22. The van der Waals surface area contributed by atoms with Gasteiger partial charge in [0.25, 0.3) is 10.9 Å². The lowest BCUT2D eigenvalue weighted by atomic mass is 10.1. The van der Waals surface area contributed by atoms with Crippen molar-refractivity contribution >= 4 is 45.9 Å². The molecule has 1 heterocycles. The number of nitrogens with one attached hydrogen (secondary N) is 2. The lowest BCUT2D eigenvalue weighted by molar-refractivity contribution is 0.112. The molecule has 8 nitrogen and oxygen atoms in total. The van der Waals surface area contributed by atoms with Gasteiger partial charge in [-0.2, -0.15) is 0 Å². The fraction of sp³-hybridized carbons (Fsp3) is 0.333. The van der Waals surface area contributed by atoms with E-state index in [-0.39, 0.29) is 17.4 Å². The average molecular weight is 553 g/mol. The number of anilines is 3. The van der Waals surface area contributed by atoms with Crippen molar-refractivity contribution in [1.29, 1.82) is 0 Å². The number of hydrogen-bond donors (Lipinski definition) is 3. The van der Waals surface area contributed by atoms with Crippen molar-refractivity contribution in [2.75, 3.05) is 17.7 Å². The molecule has 0 aliphatic rings. The lowest BCUT2D eigenvalue weighted by Gasteiger charge is -2.19. The minimum atomic E-state index is -0.582. The van der Waals surface area contributed by atoms with Crippen molar-refractivity contribution in [3.63, 3.8) is 0 Å². The maximum atomic E-state index is 12.1. The van der Waals surface area contributed by atoms with Crippen molar-refractivity contribution in [1.82, 2.24) is 4.98 Å². The van der Waals surface area contributed by atoms with E-state index in [4.69, 9.17) is 16.3 Å². The largest absolute Gasteiger partial charge is 0.457 e. The Balaban J connectivity index is 0.000000815. The van der Waals surface area contributed by atoms with Gasteiger partial charge in [-0.15, -0.1) is 0 Å². The van der Waals surface area contributed by atoms with Crippen molar-refractivity contribution in [3.8, 4) is 11.5 Å². The molecular formula is C30H37ClN4O4. The first-order valence-electron chi connectivity index (χ1n) is 13.0. The van der Waals surface area contributed by atoms with E-state index < -0.39 is 10.9 Å². The number of aldehydes is 1. The average Bonchev–Trinajstić information content (AvgIpc) is 2.96. The second-order valence-corrected chi connectivity index (χ2v) is 9.29. The monoisotopic (exact) mass is 552 g/mol. The Hall–Kier alpha value is -3.75. The van der Waals surface area contributed by atoms with Gasteiger partial charge in [0.05, 0.1) is 16.2 Å². The Morgan fingerprint density at radius 2 is 1.69 bits per heavy atom. The maximum Gasteiger partial charge on any atom is 0.253 e. The van der Waals surface area contributed by atoms with E-state index in [1.807, 2.05) is 26.8 Å². The second kappa shape index (κ2) is 15.0. The van der Waals surface area contributed by atoms with E-state index in [0.717, 1.165) is 18.3 Å². The number of halogens is 1. The zero-order valence-electron chi connectivity index (χ0n) is 23.4. The molecule has 208 valence electrons. The fourth-order valence-electron chi connectivity index (χ4n) is 3.42. The summed E-state index contributed by atoms with van der Waals surface area (Å²) in [7, 11) is 1.50. The number of pyridine rings is 1. The Labute approximate surface area is 234 Å². The van der Waals surface area contributed by atoms with Crippen LogP contribution in [0.4, 0.5) is 17.1 Å². The first-order chi connectivity index (χ1) is 18.7. The van der Waals surface area contributed by atoms with Crippen LogP contribution in [0, 0.1) is 6.92 Å². The first kappa shape index (κ1) is 31.5. The molecule has 1 unspecified atom stereocenters. The van der Waals surface area contributed by atoms with Crippen LogP contribution in [0.3, 0.4) is 0 Å². The summed E-state index contributed by atoms with van der Waals surface area (Å²) in [6.07, 6.45) is 5.88. The Morgan fingerprint density at radius 3 is 2.28 bits per heavy atom. The van der Waals surface area contributed by atoms with Crippen molar-refractivity contribution < 1.29 is 9.53 Å². The van der Waals surface area contributed by atoms with Gasteiger partial charge in [0.15, 0.2) is 0 Å². The van der Waals surface area contributed by atoms with Gasteiger partial charge in [-0.25, -0.2) is 0 Å². The molecule has 0 saturated carbocycles. The van der Waals surface area contributed by atoms with E-state index in [1.54, 1.807) is 36.5 Å². The van der Waals surface area contributed by atoms with Crippen LogP contribution in [-0.2, 0) is 0 Å². The van der Waals surface area contributed by atoms with Crippen molar-refractivity contribution in [2.45, 2.75) is 59.9 Å². The van der Waals surface area contributed by atoms with E-state index in [0.29, 0.717) is 38.7 Å². The normalized spacial score (nSPS) is 11.1. The van der Waals surface area contributed by atoms with Crippen LogP contribution in [0.25, 0.3) is 10.9 Å². The summed E-state index contributed by atoms with van der Waals surface area (Å²) in [5, 5.41) is 7.04. The number of nitrogens with zero attached hydrogens (tertiary/aromatic N) is 1. The first-order valence-corrected chi connectivity index (χ1v) is 13.4. The number of benzene rings is 2. The van der Waals surface area contributed by atoms with Crippen LogP contribution < -0.4 is 32.0 Å². The minimum Gasteiger partial charge on any atom is -0.457 e. The molecule has 3 aromatic carbocycles. The quantitative estimate of drug-likeness (QED) is 0.154. The van der Waals surface area contributed by atoms with Crippen LogP contribution in [-0.4, -0.2) is 24.4 Å². The van der Waals surface area contributed by atoms with E-state index in [9.17, 15) is 14.4 Å². The molecule has 0 saturated heterocycles. The van der Waals surface area contributed by atoms with Crippen LogP contribution in [0.15, 0.2) is 52.2 Å². The van der Waals surface area contributed by atoms with E-state index in [1.165, 1.54) is 19.9 Å². The van der Waals surface area contributed by atoms with E-state index in [2.05, 4.69) is 35.2 Å². The van der Waals surface area contributed by atoms with Gasteiger partial charge in [0, 0.05) is 29.3 Å². The van der Waals surface area contributed by atoms with Gasteiger partial charge in [0.2, 0.25) is 0 Å². The minimum absolute atomic E-state index is 0.0544. The Kier molecular flexibility index (Phi) is 12.1. The summed E-state index contributed by atoms with van der Waals surface area (Å²) in [6.45, 7) is 10.1. The van der Waals surface area contributed by atoms with Crippen LogP contribution in [0.5, 0.6) is 11.5 Å². The molecule has 9 heteroatoms.